The van der Waals surface area contributed by atoms with Crippen LogP contribution in [0, 0.1) is 5.92 Å². The van der Waals surface area contributed by atoms with Gasteiger partial charge in [0.25, 0.3) is 5.92 Å². The van der Waals surface area contributed by atoms with Gasteiger partial charge < -0.3 is 35.0 Å². The minimum Gasteiger partial charge on any atom is -0.453 e. The van der Waals surface area contributed by atoms with E-state index in [1.165, 1.54) is 13.3 Å². The van der Waals surface area contributed by atoms with Crippen molar-refractivity contribution in [2.24, 2.45) is 5.92 Å². The zero-order chi connectivity index (χ0) is 41.6. The summed E-state index contributed by atoms with van der Waals surface area (Å²) in [6.45, 7) is 2.61. The Kier molecular flexibility index (Phi) is 10.3. The number of aromatic amines is 2. The van der Waals surface area contributed by atoms with Gasteiger partial charge in [-0.25, -0.2) is 38.3 Å². The SMILES string of the molecule is COC(=O)N[C@H]1CCc2cccc3c2N(C1=O)[C@H](c1ncc(-c2cnc(-c4ccc(-c5cnc([C@@H]6CC(F)(F)CN6C(=O)[C@@H](NC(=O)OC)C(C)C)[nH]5)cc4)nc2)[nH]1)C3. The number of alkyl carbamates (subject to hydrolysis) is 2. The molecule has 1 fully saturated rings. The largest absolute Gasteiger partial charge is 0.453 e. The number of imidazole rings is 2. The number of aromatic nitrogens is 6. The number of alkyl halides is 2. The van der Waals surface area contributed by atoms with Crippen molar-refractivity contribution in [3.63, 3.8) is 0 Å². The van der Waals surface area contributed by atoms with Gasteiger partial charge in [-0.2, -0.15) is 0 Å². The fourth-order valence-electron chi connectivity index (χ4n) is 8.08. The number of aryl methyl sites for hydroxylation is 1. The summed E-state index contributed by atoms with van der Waals surface area (Å²) in [6.07, 6.45) is 6.08. The summed E-state index contributed by atoms with van der Waals surface area (Å²) in [4.78, 5) is 78.9. The topological polar surface area (TPSA) is 200 Å². The number of carbonyl (C=O) groups is 4. The quantitative estimate of drug-likeness (QED) is 0.147. The van der Waals surface area contributed by atoms with Crippen molar-refractivity contribution in [1.29, 1.82) is 0 Å². The Morgan fingerprint density at radius 1 is 0.831 bits per heavy atom. The number of ether oxygens (including phenoxy) is 2. The predicted molar refractivity (Wildman–Crippen MR) is 209 cm³/mol. The number of nitrogens with one attached hydrogen (secondary N) is 4. The maximum atomic E-state index is 14.8. The van der Waals surface area contributed by atoms with Gasteiger partial charge in [0.05, 0.1) is 62.3 Å². The summed E-state index contributed by atoms with van der Waals surface area (Å²) in [5.41, 5.74) is 6.30. The third kappa shape index (κ3) is 7.57. The van der Waals surface area contributed by atoms with E-state index in [0.717, 1.165) is 40.0 Å². The van der Waals surface area contributed by atoms with E-state index in [1.54, 1.807) is 37.3 Å². The van der Waals surface area contributed by atoms with Crippen LogP contribution in [-0.2, 0) is 31.9 Å². The van der Waals surface area contributed by atoms with Crippen LogP contribution in [0.2, 0.25) is 0 Å². The third-order valence-electron chi connectivity index (χ3n) is 11.1. The number of para-hydroxylation sites is 1. The van der Waals surface area contributed by atoms with E-state index in [2.05, 4.69) is 45.3 Å². The Morgan fingerprint density at radius 3 is 2.12 bits per heavy atom. The van der Waals surface area contributed by atoms with Gasteiger partial charge in [-0.05, 0) is 35.4 Å². The highest BCUT2D eigenvalue weighted by molar-refractivity contribution is 6.02. The molecule has 3 aromatic heterocycles. The van der Waals surface area contributed by atoms with Crippen LogP contribution in [0.4, 0.5) is 24.1 Å². The minimum absolute atomic E-state index is 0.205. The molecule has 0 spiro atoms. The van der Waals surface area contributed by atoms with E-state index < -0.39 is 61.1 Å². The Morgan fingerprint density at radius 2 is 1.46 bits per heavy atom. The number of amides is 4. The average Bonchev–Trinajstić information content (AvgIpc) is 4.04. The standard InChI is InChI=1S/C41H42F2N10O6/c1-21(2)32(51-40(57)59-4)38(55)52-20-41(42,43)15-31(52)36-47-18-28(48-36)22-8-10-24(11-9-22)34-44-16-26(17-45-34)29-19-46-35(49-29)30-14-25-7-5-6-23-12-13-27(50-39(56)58-3)37(54)53(30)33(23)25/h5-11,16-19,21,27,30-32H,12-15,20H2,1-4H3,(H,46,49)(H,47,48)(H,50,56)(H,51,57)/t27-,30-,31-,32-/m0/s1. The van der Waals surface area contributed by atoms with E-state index in [1.807, 2.05) is 42.5 Å². The maximum Gasteiger partial charge on any atom is 0.407 e. The van der Waals surface area contributed by atoms with E-state index >= 15 is 0 Å². The number of anilines is 1. The van der Waals surface area contributed by atoms with Gasteiger partial charge in [-0.15, -0.1) is 0 Å². The van der Waals surface area contributed by atoms with Gasteiger partial charge in [0, 0.05) is 36.4 Å². The number of benzene rings is 2. The molecule has 0 radical (unpaired) electrons. The molecule has 2 aromatic carbocycles. The Bertz CT molecular complexity index is 2400. The van der Waals surface area contributed by atoms with Crippen LogP contribution in [0.3, 0.4) is 0 Å². The van der Waals surface area contributed by atoms with Crippen molar-refractivity contribution < 1.29 is 37.4 Å². The lowest BCUT2D eigenvalue weighted by molar-refractivity contribution is -0.136. The van der Waals surface area contributed by atoms with Crippen LogP contribution in [0.15, 0.2) is 67.3 Å². The first-order chi connectivity index (χ1) is 28.3. The molecule has 3 aliphatic rings. The average molecular weight is 809 g/mol. The molecule has 0 aliphatic carbocycles. The van der Waals surface area contributed by atoms with Crippen LogP contribution < -0.4 is 15.5 Å². The van der Waals surface area contributed by atoms with Crippen LogP contribution in [0.25, 0.3) is 33.9 Å². The first-order valence-corrected chi connectivity index (χ1v) is 19.2. The number of methoxy groups -OCH3 is 2. The summed E-state index contributed by atoms with van der Waals surface area (Å²) in [5, 5.41) is 5.16. The number of halogens is 2. The van der Waals surface area contributed by atoms with Crippen molar-refractivity contribution >= 4 is 29.7 Å². The van der Waals surface area contributed by atoms with Crippen molar-refractivity contribution in [3.8, 4) is 33.9 Å². The second-order valence-electron chi connectivity index (χ2n) is 15.2. The maximum absolute atomic E-state index is 14.8. The molecule has 8 rings (SSSR count). The van der Waals surface area contributed by atoms with Crippen molar-refractivity contribution in [3.05, 3.63) is 90.0 Å². The number of likely N-dealkylation sites (tertiary alicyclic amines) is 1. The van der Waals surface area contributed by atoms with Gasteiger partial charge in [-0.1, -0.05) is 56.3 Å². The van der Waals surface area contributed by atoms with Gasteiger partial charge >= 0.3 is 12.2 Å². The van der Waals surface area contributed by atoms with Gasteiger partial charge in [0.2, 0.25) is 11.8 Å². The zero-order valence-corrected chi connectivity index (χ0v) is 32.7. The lowest BCUT2D eigenvalue weighted by Crippen LogP contribution is -2.51. The van der Waals surface area contributed by atoms with Crippen molar-refractivity contribution in [2.75, 3.05) is 25.7 Å². The molecule has 59 heavy (non-hydrogen) atoms. The molecule has 5 aromatic rings. The number of carbonyl (C=O) groups excluding carboxylic acids is 4. The summed E-state index contributed by atoms with van der Waals surface area (Å²) in [5.74, 6) is -3.14. The summed E-state index contributed by atoms with van der Waals surface area (Å²) in [7, 11) is 2.43. The molecular weight excluding hydrogens is 767 g/mol. The highest BCUT2D eigenvalue weighted by Gasteiger charge is 2.50. The molecule has 18 heteroatoms. The normalized spacial score (nSPS) is 19.9. The number of nitrogens with zero attached hydrogens (tertiary/aromatic N) is 6. The molecule has 0 saturated carbocycles. The van der Waals surface area contributed by atoms with Gasteiger partial charge in [0.15, 0.2) is 5.82 Å². The molecular formula is C41H42F2N10O6. The summed E-state index contributed by atoms with van der Waals surface area (Å²) in [6, 6.07) is 10.1. The second kappa shape index (κ2) is 15.6. The molecule has 16 nitrogen and oxygen atoms in total. The molecule has 3 aliphatic heterocycles. The van der Waals surface area contributed by atoms with E-state index in [0.29, 0.717) is 47.9 Å². The lowest BCUT2D eigenvalue weighted by atomic mass is 10.0. The number of H-pyrrole nitrogens is 2. The number of hydrogen-bond donors (Lipinski definition) is 4. The molecule has 0 bridgehead atoms. The molecule has 0 unspecified atom stereocenters. The van der Waals surface area contributed by atoms with Gasteiger partial charge in [-0.3, -0.25) is 14.5 Å². The number of hydrogen-bond acceptors (Lipinski definition) is 10. The Labute approximate surface area is 337 Å². The first-order valence-electron chi connectivity index (χ1n) is 19.2. The fourth-order valence-corrected chi connectivity index (χ4v) is 8.08. The lowest BCUT2D eigenvalue weighted by Gasteiger charge is -2.29. The molecule has 6 heterocycles. The van der Waals surface area contributed by atoms with Crippen molar-refractivity contribution in [1.82, 2.24) is 45.4 Å². The van der Waals surface area contributed by atoms with Crippen LogP contribution in [-0.4, -0.2) is 97.6 Å². The Balaban J connectivity index is 0.964. The highest BCUT2D eigenvalue weighted by atomic mass is 19.3. The van der Waals surface area contributed by atoms with E-state index in [9.17, 15) is 28.0 Å². The van der Waals surface area contributed by atoms with Crippen molar-refractivity contribution in [2.45, 2.75) is 69.6 Å². The second-order valence-corrected chi connectivity index (χ2v) is 15.2. The minimum atomic E-state index is -3.15. The summed E-state index contributed by atoms with van der Waals surface area (Å²) < 4.78 is 39.0. The monoisotopic (exact) mass is 808 g/mol. The van der Waals surface area contributed by atoms with Crippen LogP contribution >= 0.6 is 0 Å². The molecule has 306 valence electrons. The van der Waals surface area contributed by atoms with Gasteiger partial charge in [0.1, 0.15) is 23.7 Å². The van der Waals surface area contributed by atoms with Crippen LogP contribution in [0.5, 0.6) is 0 Å². The molecule has 4 N–H and O–H groups in total. The van der Waals surface area contributed by atoms with E-state index in [4.69, 9.17) is 4.74 Å². The molecule has 4 atom stereocenters. The molecule has 1 saturated heterocycles. The third-order valence-corrected chi connectivity index (χ3v) is 11.1. The zero-order valence-electron chi connectivity index (χ0n) is 32.7. The van der Waals surface area contributed by atoms with E-state index in [-0.39, 0.29) is 17.6 Å². The molecule has 4 amide bonds. The fraction of sp³-hybridized carbons (Fsp3) is 0.366. The smallest absolute Gasteiger partial charge is 0.407 e. The predicted octanol–water partition coefficient (Wildman–Crippen LogP) is 5.51. The Hall–Kier alpha value is -6.72. The first kappa shape index (κ1) is 39.1. The number of rotatable bonds is 9. The highest BCUT2D eigenvalue weighted by Crippen LogP contribution is 2.45. The summed E-state index contributed by atoms with van der Waals surface area (Å²) >= 11 is 0. The van der Waals surface area contributed by atoms with Crippen LogP contribution in [0.1, 0.15) is 61.5 Å².